The lowest BCUT2D eigenvalue weighted by Crippen LogP contribution is -2.41. The Balaban J connectivity index is 2.39. The molecule has 1 aliphatic heterocycles. The second-order valence-electron chi connectivity index (χ2n) is 6.97. The molecule has 2 rings (SSSR count). The van der Waals surface area contributed by atoms with E-state index < -0.39 is 18.3 Å². The molecule has 1 heterocycles. The first-order valence-electron chi connectivity index (χ1n) is 7.21. The predicted octanol–water partition coefficient (Wildman–Crippen LogP) is 3.56. The Kier molecular flexibility index (Phi) is 3.76. The Bertz CT molecular complexity index is 507. The van der Waals surface area contributed by atoms with Gasteiger partial charge in [0, 0.05) is 0 Å². The molecule has 1 aromatic carbocycles. The summed E-state index contributed by atoms with van der Waals surface area (Å²) in [7, 11) is -0.504. The van der Waals surface area contributed by atoms with Crippen LogP contribution in [0.2, 0.25) is 0 Å². The van der Waals surface area contributed by atoms with Crippen LogP contribution in [-0.2, 0) is 9.31 Å². The topological polar surface area (TPSA) is 18.5 Å². The zero-order valence-electron chi connectivity index (χ0n) is 13.5. The van der Waals surface area contributed by atoms with Gasteiger partial charge in [-0.2, -0.15) is 0 Å². The lowest BCUT2D eigenvalue weighted by atomic mass is 9.75. The molecule has 0 N–H and O–H groups in total. The normalized spacial score (nSPS) is 20.8. The smallest absolute Gasteiger partial charge is 0.399 e. The Morgan fingerprint density at radius 1 is 1.05 bits per heavy atom. The van der Waals surface area contributed by atoms with E-state index in [4.69, 9.17) is 9.31 Å². The molecular formula is C16H24BFO2. The van der Waals surface area contributed by atoms with Crippen molar-refractivity contribution in [3.8, 4) is 0 Å². The maximum Gasteiger partial charge on any atom is 0.495 e. The number of rotatable bonds is 2. The van der Waals surface area contributed by atoms with Crippen molar-refractivity contribution >= 4 is 12.6 Å². The highest BCUT2D eigenvalue weighted by Crippen LogP contribution is 2.36. The van der Waals surface area contributed by atoms with Crippen molar-refractivity contribution in [2.75, 3.05) is 0 Å². The number of halogens is 1. The summed E-state index contributed by atoms with van der Waals surface area (Å²) in [6, 6.07) is 3.47. The van der Waals surface area contributed by atoms with Crippen LogP contribution in [0.5, 0.6) is 0 Å². The van der Waals surface area contributed by atoms with E-state index in [1.807, 2.05) is 54.5 Å². The van der Waals surface area contributed by atoms with E-state index in [1.165, 1.54) is 0 Å². The van der Waals surface area contributed by atoms with Crippen molar-refractivity contribution in [2.45, 2.75) is 65.6 Å². The molecule has 0 radical (unpaired) electrons. The number of hydrogen-bond acceptors (Lipinski definition) is 2. The molecule has 0 spiro atoms. The molecule has 0 atom stereocenters. The van der Waals surface area contributed by atoms with Crippen LogP contribution < -0.4 is 5.46 Å². The molecule has 0 unspecified atom stereocenters. The maximum absolute atomic E-state index is 14.2. The minimum absolute atomic E-state index is 0.168. The van der Waals surface area contributed by atoms with Crippen LogP contribution in [0.15, 0.2) is 12.1 Å². The number of benzene rings is 1. The first-order valence-corrected chi connectivity index (χ1v) is 7.21. The van der Waals surface area contributed by atoms with Gasteiger partial charge in [0.1, 0.15) is 5.82 Å². The zero-order valence-corrected chi connectivity index (χ0v) is 13.5. The molecule has 1 aliphatic rings. The lowest BCUT2D eigenvalue weighted by Gasteiger charge is -2.32. The molecule has 1 aromatic rings. The first-order chi connectivity index (χ1) is 9.05. The van der Waals surface area contributed by atoms with Gasteiger partial charge in [-0.25, -0.2) is 4.39 Å². The summed E-state index contributed by atoms with van der Waals surface area (Å²) in [4.78, 5) is 0. The van der Waals surface area contributed by atoms with Gasteiger partial charge in [-0.05, 0) is 57.6 Å². The van der Waals surface area contributed by atoms with Crippen molar-refractivity contribution in [3.63, 3.8) is 0 Å². The third kappa shape index (κ3) is 2.51. The fourth-order valence-corrected chi connectivity index (χ4v) is 2.39. The van der Waals surface area contributed by atoms with Crippen molar-refractivity contribution in [1.29, 1.82) is 0 Å². The van der Waals surface area contributed by atoms with Crippen molar-refractivity contribution in [1.82, 2.24) is 0 Å². The van der Waals surface area contributed by atoms with Crippen molar-refractivity contribution in [3.05, 3.63) is 29.1 Å². The highest BCUT2D eigenvalue weighted by atomic mass is 19.1. The van der Waals surface area contributed by atoms with Crippen LogP contribution >= 0.6 is 0 Å². The molecule has 20 heavy (non-hydrogen) atoms. The molecule has 0 amide bonds. The van der Waals surface area contributed by atoms with E-state index in [0.29, 0.717) is 0 Å². The Morgan fingerprint density at radius 2 is 1.55 bits per heavy atom. The molecule has 2 nitrogen and oxygen atoms in total. The molecule has 0 aromatic heterocycles. The molecule has 0 aliphatic carbocycles. The molecule has 1 fully saturated rings. The number of hydrogen-bond donors (Lipinski definition) is 0. The summed E-state index contributed by atoms with van der Waals surface area (Å²) in [5.41, 5.74) is 1.72. The SMILES string of the molecule is Cc1cc(C(C)C)c(F)cc1B1OC(C)(C)C(C)(C)O1. The molecular weight excluding hydrogens is 254 g/mol. The van der Waals surface area contributed by atoms with Crippen LogP contribution in [0.3, 0.4) is 0 Å². The van der Waals surface area contributed by atoms with Crippen LogP contribution in [-0.4, -0.2) is 18.3 Å². The first kappa shape index (κ1) is 15.5. The third-order valence-electron chi connectivity index (χ3n) is 4.51. The average Bonchev–Trinajstić information content (AvgIpc) is 2.50. The minimum atomic E-state index is -0.504. The minimum Gasteiger partial charge on any atom is -0.399 e. The fourth-order valence-electron chi connectivity index (χ4n) is 2.39. The second kappa shape index (κ2) is 4.85. The van der Waals surface area contributed by atoms with Crippen LogP contribution in [0.4, 0.5) is 4.39 Å². The predicted molar refractivity (Wildman–Crippen MR) is 80.9 cm³/mol. The summed E-state index contributed by atoms with van der Waals surface area (Å²) in [6.07, 6.45) is 0. The monoisotopic (exact) mass is 278 g/mol. The average molecular weight is 278 g/mol. The van der Waals surface area contributed by atoms with Crippen molar-refractivity contribution in [2.24, 2.45) is 0 Å². The maximum atomic E-state index is 14.2. The molecule has 1 saturated heterocycles. The summed E-state index contributed by atoms with van der Waals surface area (Å²) in [6.45, 7) is 14.0. The number of aryl methyl sites for hydroxylation is 1. The molecule has 0 saturated carbocycles. The largest absolute Gasteiger partial charge is 0.495 e. The van der Waals surface area contributed by atoms with Crippen LogP contribution in [0, 0.1) is 12.7 Å². The van der Waals surface area contributed by atoms with E-state index in [-0.39, 0.29) is 11.7 Å². The van der Waals surface area contributed by atoms with Gasteiger partial charge < -0.3 is 9.31 Å². The van der Waals surface area contributed by atoms with Gasteiger partial charge in [-0.15, -0.1) is 0 Å². The van der Waals surface area contributed by atoms with E-state index >= 15 is 0 Å². The zero-order chi connectivity index (χ0) is 15.3. The van der Waals surface area contributed by atoms with Gasteiger partial charge >= 0.3 is 7.12 Å². The van der Waals surface area contributed by atoms with Crippen molar-refractivity contribution < 1.29 is 13.7 Å². The molecule has 110 valence electrons. The highest BCUT2D eigenvalue weighted by Gasteiger charge is 2.52. The van der Waals surface area contributed by atoms with Gasteiger partial charge in [-0.3, -0.25) is 0 Å². The Hall–Kier alpha value is -0.865. The van der Waals surface area contributed by atoms with E-state index in [1.54, 1.807) is 6.07 Å². The highest BCUT2D eigenvalue weighted by molar-refractivity contribution is 6.62. The Labute approximate surface area is 121 Å². The third-order valence-corrected chi connectivity index (χ3v) is 4.51. The molecule has 0 bridgehead atoms. The summed E-state index contributed by atoms with van der Waals surface area (Å²) >= 11 is 0. The van der Waals surface area contributed by atoms with Gasteiger partial charge in [-0.1, -0.05) is 25.5 Å². The van der Waals surface area contributed by atoms with E-state index in [2.05, 4.69) is 0 Å². The second-order valence-corrected chi connectivity index (χ2v) is 6.97. The molecule has 4 heteroatoms. The summed E-state index contributed by atoms with van der Waals surface area (Å²) < 4.78 is 26.2. The fraction of sp³-hybridized carbons (Fsp3) is 0.625. The van der Waals surface area contributed by atoms with Crippen LogP contribution in [0.1, 0.15) is 58.6 Å². The summed E-state index contributed by atoms with van der Waals surface area (Å²) in [5, 5.41) is 0. The summed E-state index contributed by atoms with van der Waals surface area (Å²) in [5.74, 6) is -0.0173. The quantitative estimate of drug-likeness (QED) is 0.770. The Morgan fingerprint density at radius 3 is 2.00 bits per heavy atom. The van der Waals surface area contributed by atoms with Gasteiger partial charge in [0.25, 0.3) is 0 Å². The van der Waals surface area contributed by atoms with Gasteiger partial charge in [0.05, 0.1) is 11.2 Å². The van der Waals surface area contributed by atoms with Crippen LogP contribution in [0.25, 0.3) is 0 Å². The standard InChI is InChI=1S/C16H24BFO2/c1-10(2)12-8-11(3)13(9-14(12)18)17-19-15(4,5)16(6,7)20-17/h8-10H,1-7H3. The van der Waals surface area contributed by atoms with Gasteiger partial charge in [0.2, 0.25) is 0 Å². The van der Waals surface area contributed by atoms with Gasteiger partial charge in [0.15, 0.2) is 0 Å². The van der Waals surface area contributed by atoms with E-state index in [0.717, 1.165) is 16.6 Å². The lowest BCUT2D eigenvalue weighted by molar-refractivity contribution is 0.00578. The van der Waals surface area contributed by atoms with E-state index in [9.17, 15) is 4.39 Å².